The molecule has 0 radical (unpaired) electrons. The Labute approximate surface area is 122 Å². The van der Waals surface area contributed by atoms with Gasteiger partial charge in [0, 0.05) is 0 Å². The second-order valence-corrected chi connectivity index (χ2v) is 5.69. The molecule has 0 saturated heterocycles. The second-order valence-electron chi connectivity index (χ2n) is 5.69. The summed E-state index contributed by atoms with van der Waals surface area (Å²) in [5.41, 5.74) is 3.14. The predicted octanol–water partition coefficient (Wildman–Crippen LogP) is 7.20. The SMILES string of the molecule is CC=C=CCCCCCCCCCCCCCCC. The molecule has 0 aliphatic carbocycles. The molecule has 0 fully saturated rings. The minimum Gasteiger partial charge on any atom is -0.130 e. The molecule has 0 aromatic carbocycles. The van der Waals surface area contributed by atoms with Gasteiger partial charge >= 0.3 is 0 Å². The van der Waals surface area contributed by atoms with Crippen molar-refractivity contribution in [2.75, 3.05) is 0 Å². The Bertz CT molecular complexity index is 208. The van der Waals surface area contributed by atoms with Crippen molar-refractivity contribution >= 4 is 0 Å². The smallest absolute Gasteiger partial charge is 0.0274 e. The molecule has 0 heterocycles. The van der Waals surface area contributed by atoms with Crippen molar-refractivity contribution in [3.8, 4) is 0 Å². The van der Waals surface area contributed by atoms with E-state index in [1.165, 1.54) is 89.9 Å². The van der Waals surface area contributed by atoms with Crippen LogP contribution in [0.5, 0.6) is 0 Å². The lowest BCUT2D eigenvalue weighted by molar-refractivity contribution is 0.540. The first-order valence-electron chi connectivity index (χ1n) is 8.77. The first-order valence-corrected chi connectivity index (χ1v) is 8.77. The third-order valence-corrected chi connectivity index (χ3v) is 3.74. The van der Waals surface area contributed by atoms with E-state index in [0.717, 1.165) is 0 Å². The minimum atomic E-state index is 1.21. The molecular formula is C19H36. The molecular weight excluding hydrogens is 228 g/mol. The highest BCUT2D eigenvalue weighted by Crippen LogP contribution is 2.12. The Kier molecular flexibility index (Phi) is 17.1. The Morgan fingerprint density at radius 2 is 1.05 bits per heavy atom. The Hall–Kier alpha value is -0.480. The lowest BCUT2D eigenvalue weighted by atomic mass is 10.0. The number of unbranched alkanes of at least 4 members (excludes halogenated alkanes) is 13. The van der Waals surface area contributed by atoms with E-state index in [-0.39, 0.29) is 0 Å². The number of rotatable bonds is 14. The summed E-state index contributed by atoms with van der Waals surface area (Å²) < 4.78 is 0. The summed E-state index contributed by atoms with van der Waals surface area (Å²) in [4.78, 5) is 0. The summed E-state index contributed by atoms with van der Waals surface area (Å²) >= 11 is 0. The standard InChI is InChI=1S/C19H36/c1-3-5-7-9-11-13-15-17-19-18-16-14-12-10-8-6-4-2/h3,7H,4,6,8-19H2,1-2H3. The number of allylic oxidation sites excluding steroid dienone is 1. The van der Waals surface area contributed by atoms with Gasteiger partial charge in [0.2, 0.25) is 0 Å². The van der Waals surface area contributed by atoms with Crippen molar-refractivity contribution in [1.29, 1.82) is 0 Å². The van der Waals surface area contributed by atoms with Gasteiger partial charge in [-0.3, -0.25) is 0 Å². The van der Waals surface area contributed by atoms with Gasteiger partial charge in [0.15, 0.2) is 0 Å². The van der Waals surface area contributed by atoms with Gasteiger partial charge < -0.3 is 0 Å². The minimum absolute atomic E-state index is 1.21. The molecule has 0 nitrogen and oxygen atoms in total. The predicted molar refractivity (Wildman–Crippen MR) is 88.6 cm³/mol. The van der Waals surface area contributed by atoms with Gasteiger partial charge in [0.05, 0.1) is 0 Å². The van der Waals surface area contributed by atoms with E-state index < -0.39 is 0 Å². The largest absolute Gasteiger partial charge is 0.130 e. The molecule has 112 valence electrons. The van der Waals surface area contributed by atoms with E-state index in [0.29, 0.717) is 0 Å². The summed E-state index contributed by atoms with van der Waals surface area (Å²) in [6.07, 6.45) is 24.0. The van der Waals surface area contributed by atoms with E-state index in [9.17, 15) is 0 Å². The van der Waals surface area contributed by atoms with Crippen molar-refractivity contribution in [3.63, 3.8) is 0 Å². The van der Waals surface area contributed by atoms with Crippen LogP contribution < -0.4 is 0 Å². The first-order chi connectivity index (χ1) is 9.41. The maximum Gasteiger partial charge on any atom is -0.0274 e. The van der Waals surface area contributed by atoms with Gasteiger partial charge in [-0.25, -0.2) is 0 Å². The Balaban J connectivity index is 2.97. The fourth-order valence-corrected chi connectivity index (χ4v) is 2.47. The normalized spacial score (nSPS) is 10.2. The molecule has 0 aromatic rings. The topological polar surface area (TPSA) is 0 Å². The van der Waals surface area contributed by atoms with Crippen molar-refractivity contribution in [2.24, 2.45) is 0 Å². The Morgan fingerprint density at radius 3 is 1.47 bits per heavy atom. The van der Waals surface area contributed by atoms with Crippen LogP contribution in [0, 0.1) is 0 Å². The molecule has 0 aromatic heterocycles. The molecule has 0 spiro atoms. The fourth-order valence-electron chi connectivity index (χ4n) is 2.47. The molecule has 0 amide bonds. The molecule has 0 atom stereocenters. The maximum absolute atomic E-state index is 3.14. The summed E-state index contributed by atoms with van der Waals surface area (Å²) in [6.45, 7) is 4.32. The van der Waals surface area contributed by atoms with Crippen molar-refractivity contribution in [2.45, 2.75) is 104 Å². The third kappa shape index (κ3) is 17.5. The number of hydrogen-bond acceptors (Lipinski definition) is 0. The van der Waals surface area contributed by atoms with Crippen molar-refractivity contribution in [3.05, 3.63) is 17.9 Å². The first kappa shape index (κ1) is 18.5. The molecule has 19 heavy (non-hydrogen) atoms. The van der Waals surface area contributed by atoms with Crippen LogP contribution in [0.4, 0.5) is 0 Å². The molecule has 0 unspecified atom stereocenters. The molecule has 0 heteroatoms. The van der Waals surface area contributed by atoms with Crippen LogP contribution >= 0.6 is 0 Å². The summed E-state index contributed by atoms with van der Waals surface area (Å²) in [7, 11) is 0. The van der Waals surface area contributed by atoms with Gasteiger partial charge in [-0.1, -0.05) is 84.0 Å². The van der Waals surface area contributed by atoms with Crippen LogP contribution in [0.1, 0.15) is 104 Å². The Morgan fingerprint density at radius 1 is 0.632 bits per heavy atom. The zero-order valence-electron chi connectivity index (χ0n) is 13.6. The molecule has 0 rings (SSSR count). The highest BCUT2D eigenvalue weighted by Gasteiger charge is 1.93. The second kappa shape index (κ2) is 17.5. The molecule has 0 aliphatic rings. The molecule has 0 N–H and O–H groups in total. The van der Waals surface area contributed by atoms with Crippen LogP contribution in [0.15, 0.2) is 17.9 Å². The van der Waals surface area contributed by atoms with E-state index in [1.54, 1.807) is 0 Å². The van der Waals surface area contributed by atoms with E-state index in [2.05, 4.69) is 18.7 Å². The van der Waals surface area contributed by atoms with Crippen molar-refractivity contribution in [1.82, 2.24) is 0 Å². The van der Waals surface area contributed by atoms with Gasteiger partial charge in [0.1, 0.15) is 0 Å². The highest BCUT2D eigenvalue weighted by atomic mass is 14.0. The molecule has 0 aliphatic heterocycles. The van der Waals surface area contributed by atoms with Crippen LogP contribution in [-0.2, 0) is 0 Å². The van der Waals surface area contributed by atoms with E-state index in [4.69, 9.17) is 0 Å². The van der Waals surface area contributed by atoms with Crippen molar-refractivity contribution < 1.29 is 0 Å². The lowest BCUT2D eigenvalue weighted by Gasteiger charge is -2.02. The van der Waals surface area contributed by atoms with Crippen LogP contribution in [0.2, 0.25) is 0 Å². The molecule has 0 bridgehead atoms. The number of hydrogen-bond donors (Lipinski definition) is 0. The quantitative estimate of drug-likeness (QED) is 0.230. The summed E-state index contributed by atoms with van der Waals surface area (Å²) in [5, 5.41) is 0. The summed E-state index contributed by atoms with van der Waals surface area (Å²) in [5.74, 6) is 0. The van der Waals surface area contributed by atoms with Gasteiger partial charge in [0.25, 0.3) is 0 Å². The van der Waals surface area contributed by atoms with Gasteiger partial charge in [-0.05, 0) is 31.9 Å². The van der Waals surface area contributed by atoms with Crippen LogP contribution in [-0.4, -0.2) is 0 Å². The summed E-state index contributed by atoms with van der Waals surface area (Å²) in [6, 6.07) is 0. The van der Waals surface area contributed by atoms with Gasteiger partial charge in [-0.2, -0.15) is 0 Å². The molecule has 0 saturated carbocycles. The monoisotopic (exact) mass is 264 g/mol. The van der Waals surface area contributed by atoms with Crippen LogP contribution in [0.3, 0.4) is 0 Å². The average Bonchev–Trinajstić information content (AvgIpc) is 2.43. The average molecular weight is 264 g/mol. The third-order valence-electron chi connectivity index (χ3n) is 3.74. The zero-order chi connectivity index (χ0) is 14.0. The zero-order valence-corrected chi connectivity index (χ0v) is 13.6. The fraction of sp³-hybridized carbons (Fsp3) is 0.842. The lowest BCUT2D eigenvalue weighted by Crippen LogP contribution is -1.82. The van der Waals surface area contributed by atoms with Crippen LogP contribution in [0.25, 0.3) is 0 Å². The maximum atomic E-state index is 3.14. The van der Waals surface area contributed by atoms with Gasteiger partial charge in [-0.15, -0.1) is 5.73 Å². The van der Waals surface area contributed by atoms with E-state index in [1.807, 2.05) is 13.0 Å². The van der Waals surface area contributed by atoms with E-state index >= 15 is 0 Å². The highest BCUT2D eigenvalue weighted by molar-refractivity contribution is 4.81.